The van der Waals surface area contributed by atoms with Crippen LogP contribution in [0.4, 0.5) is 5.82 Å². The summed E-state index contributed by atoms with van der Waals surface area (Å²) in [6.45, 7) is 8.61. The molecule has 98 valence electrons. The normalized spacial score (nSPS) is 11.7. The van der Waals surface area contributed by atoms with Crippen LogP contribution in [0.25, 0.3) is 11.0 Å². The maximum atomic E-state index is 5.55. The van der Waals surface area contributed by atoms with E-state index < -0.39 is 0 Å². The zero-order valence-corrected chi connectivity index (χ0v) is 11.3. The lowest BCUT2D eigenvalue weighted by Gasteiger charge is -2.12. The number of fused-ring (bicyclic) bond motifs is 1. The molecule has 5 nitrogen and oxygen atoms in total. The molecular formula is C13H20N4O. The van der Waals surface area contributed by atoms with Crippen LogP contribution >= 0.6 is 0 Å². The monoisotopic (exact) mass is 248 g/mol. The van der Waals surface area contributed by atoms with Crippen molar-refractivity contribution < 1.29 is 4.74 Å². The molecule has 2 N–H and O–H groups in total. The first-order valence-electron chi connectivity index (χ1n) is 6.28. The van der Waals surface area contributed by atoms with Gasteiger partial charge in [-0.25, -0.2) is 9.97 Å². The molecule has 0 atom stereocenters. The molecule has 5 heteroatoms. The van der Waals surface area contributed by atoms with E-state index in [2.05, 4.69) is 34.1 Å². The molecule has 0 amide bonds. The summed E-state index contributed by atoms with van der Waals surface area (Å²) in [5, 5.41) is 4.35. The van der Waals surface area contributed by atoms with E-state index in [1.54, 1.807) is 0 Å². The molecule has 0 saturated heterocycles. The topological polar surface area (TPSA) is 62.8 Å². The third-order valence-electron chi connectivity index (χ3n) is 2.43. The van der Waals surface area contributed by atoms with E-state index in [1.165, 1.54) is 0 Å². The molecular weight excluding hydrogens is 228 g/mol. The average Bonchev–Trinajstić information content (AvgIpc) is 2.73. The highest BCUT2D eigenvalue weighted by atomic mass is 16.5. The van der Waals surface area contributed by atoms with Crippen LogP contribution in [-0.2, 0) is 11.3 Å². The summed E-state index contributed by atoms with van der Waals surface area (Å²) in [5.74, 6) is 1.56. The molecule has 0 bridgehead atoms. The zero-order chi connectivity index (χ0) is 13.1. The van der Waals surface area contributed by atoms with Crippen molar-refractivity contribution in [3.63, 3.8) is 0 Å². The number of rotatable bonds is 5. The minimum absolute atomic E-state index is 0.175. The maximum absolute atomic E-state index is 5.55. The fraction of sp³-hybridized carbons (Fsp3) is 0.538. The van der Waals surface area contributed by atoms with Gasteiger partial charge in [0.25, 0.3) is 0 Å². The van der Waals surface area contributed by atoms with Gasteiger partial charge in [-0.1, -0.05) is 0 Å². The van der Waals surface area contributed by atoms with Crippen molar-refractivity contribution in [1.82, 2.24) is 15.0 Å². The highest BCUT2D eigenvalue weighted by molar-refractivity contribution is 5.87. The lowest BCUT2D eigenvalue weighted by molar-refractivity contribution is 0.0615. The molecule has 0 aliphatic heterocycles. The van der Waals surface area contributed by atoms with Gasteiger partial charge in [0.1, 0.15) is 18.1 Å². The average molecular weight is 248 g/mol. The SMILES string of the molecule is CC(C)Nc1nc(COC(C)C)nc2[nH]ccc12. The predicted octanol–water partition coefficient (Wildman–Crippen LogP) is 2.70. The molecule has 0 aliphatic rings. The number of H-pyrrole nitrogens is 1. The van der Waals surface area contributed by atoms with Crippen molar-refractivity contribution in [3.8, 4) is 0 Å². The van der Waals surface area contributed by atoms with E-state index in [9.17, 15) is 0 Å². The molecule has 0 spiro atoms. The fourth-order valence-corrected chi connectivity index (χ4v) is 1.68. The Morgan fingerprint density at radius 2 is 2.06 bits per heavy atom. The van der Waals surface area contributed by atoms with Crippen LogP contribution < -0.4 is 5.32 Å². The zero-order valence-electron chi connectivity index (χ0n) is 11.3. The Hall–Kier alpha value is -1.62. The van der Waals surface area contributed by atoms with E-state index in [0.29, 0.717) is 18.5 Å². The number of nitrogens with zero attached hydrogens (tertiary/aromatic N) is 2. The number of ether oxygens (including phenoxy) is 1. The van der Waals surface area contributed by atoms with Gasteiger partial charge in [-0.3, -0.25) is 0 Å². The number of aromatic amines is 1. The number of nitrogens with one attached hydrogen (secondary N) is 2. The van der Waals surface area contributed by atoms with Crippen molar-refractivity contribution in [2.75, 3.05) is 5.32 Å². The second-order valence-corrected chi connectivity index (χ2v) is 4.89. The van der Waals surface area contributed by atoms with Crippen molar-refractivity contribution in [2.24, 2.45) is 0 Å². The minimum Gasteiger partial charge on any atom is -0.371 e. The molecule has 2 aromatic heterocycles. The van der Waals surface area contributed by atoms with Crippen molar-refractivity contribution >= 4 is 16.9 Å². The molecule has 18 heavy (non-hydrogen) atoms. The van der Waals surface area contributed by atoms with Crippen LogP contribution in [0.3, 0.4) is 0 Å². The molecule has 2 heterocycles. The molecule has 0 fully saturated rings. The molecule has 0 aromatic carbocycles. The summed E-state index contributed by atoms with van der Waals surface area (Å²) in [6, 6.07) is 2.31. The van der Waals surface area contributed by atoms with E-state index >= 15 is 0 Å². The van der Waals surface area contributed by atoms with E-state index in [-0.39, 0.29) is 6.10 Å². The first-order valence-corrected chi connectivity index (χ1v) is 6.28. The van der Waals surface area contributed by atoms with Gasteiger partial charge in [-0.15, -0.1) is 0 Å². The van der Waals surface area contributed by atoms with Crippen LogP contribution in [0, 0.1) is 0 Å². The van der Waals surface area contributed by atoms with Gasteiger partial charge in [0.2, 0.25) is 0 Å². The summed E-state index contributed by atoms with van der Waals surface area (Å²) in [4.78, 5) is 12.1. The summed E-state index contributed by atoms with van der Waals surface area (Å²) in [6.07, 6.45) is 2.05. The second kappa shape index (κ2) is 5.35. The van der Waals surface area contributed by atoms with Gasteiger partial charge in [0, 0.05) is 12.2 Å². The second-order valence-electron chi connectivity index (χ2n) is 4.89. The molecule has 0 saturated carbocycles. The van der Waals surface area contributed by atoms with E-state index in [1.807, 2.05) is 26.1 Å². The molecule has 0 radical (unpaired) electrons. The molecule has 2 rings (SSSR count). The number of hydrogen-bond acceptors (Lipinski definition) is 4. The van der Waals surface area contributed by atoms with E-state index in [0.717, 1.165) is 16.9 Å². The largest absolute Gasteiger partial charge is 0.371 e. The molecule has 0 unspecified atom stereocenters. The summed E-state index contributed by atoms with van der Waals surface area (Å²) >= 11 is 0. The predicted molar refractivity (Wildman–Crippen MR) is 72.6 cm³/mol. The van der Waals surface area contributed by atoms with Crippen LogP contribution in [0.2, 0.25) is 0 Å². The molecule has 2 aromatic rings. The lowest BCUT2D eigenvalue weighted by Crippen LogP contribution is -2.13. The summed E-state index contributed by atoms with van der Waals surface area (Å²) in [5.41, 5.74) is 0.843. The highest BCUT2D eigenvalue weighted by Crippen LogP contribution is 2.20. The number of aromatic nitrogens is 3. The van der Waals surface area contributed by atoms with Gasteiger partial charge in [-0.05, 0) is 33.8 Å². The number of hydrogen-bond donors (Lipinski definition) is 2. The van der Waals surface area contributed by atoms with Gasteiger partial charge in [0.05, 0.1) is 11.5 Å². The number of anilines is 1. The van der Waals surface area contributed by atoms with Crippen LogP contribution in [0.5, 0.6) is 0 Å². The lowest BCUT2D eigenvalue weighted by atomic mass is 10.3. The Morgan fingerprint density at radius 3 is 2.72 bits per heavy atom. The maximum Gasteiger partial charge on any atom is 0.158 e. The van der Waals surface area contributed by atoms with Gasteiger partial charge in [0.15, 0.2) is 5.82 Å². The Bertz CT molecular complexity index is 519. The standard InChI is InChI=1S/C13H20N4O/c1-8(2)15-13-10-5-6-14-12(10)16-11(17-13)7-18-9(3)4/h5-6,8-9H,7H2,1-4H3,(H2,14,15,16,17). The Balaban J connectivity index is 2.31. The molecule has 0 aliphatic carbocycles. The smallest absolute Gasteiger partial charge is 0.158 e. The fourth-order valence-electron chi connectivity index (χ4n) is 1.68. The first kappa shape index (κ1) is 12.8. The summed E-state index contributed by atoms with van der Waals surface area (Å²) < 4.78 is 5.55. The Morgan fingerprint density at radius 1 is 1.28 bits per heavy atom. The third-order valence-corrected chi connectivity index (χ3v) is 2.43. The quantitative estimate of drug-likeness (QED) is 0.854. The summed E-state index contributed by atoms with van der Waals surface area (Å²) in [7, 11) is 0. The van der Waals surface area contributed by atoms with Crippen molar-refractivity contribution in [3.05, 3.63) is 18.1 Å². The van der Waals surface area contributed by atoms with Gasteiger partial charge < -0.3 is 15.0 Å². The third kappa shape index (κ3) is 2.98. The van der Waals surface area contributed by atoms with Crippen molar-refractivity contribution in [2.45, 2.75) is 46.4 Å². The van der Waals surface area contributed by atoms with Crippen molar-refractivity contribution in [1.29, 1.82) is 0 Å². The van der Waals surface area contributed by atoms with Gasteiger partial charge >= 0.3 is 0 Å². The Kier molecular flexibility index (Phi) is 3.81. The van der Waals surface area contributed by atoms with Crippen LogP contribution in [0.15, 0.2) is 12.3 Å². The van der Waals surface area contributed by atoms with E-state index in [4.69, 9.17) is 4.74 Å². The first-order chi connectivity index (χ1) is 8.56. The minimum atomic E-state index is 0.175. The van der Waals surface area contributed by atoms with Crippen LogP contribution in [-0.4, -0.2) is 27.1 Å². The van der Waals surface area contributed by atoms with Crippen LogP contribution in [0.1, 0.15) is 33.5 Å². The highest BCUT2D eigenvalue weighted by Gasteiger charge is 2.10. The van der Waals surface area contributed by atoms with Gasteiger partial charge in [-0.2, -0.15) is 0 Å². The Labute approximate surface area is 107 Å².